The highest BCUT2D eigenvalue weighted by atomic mass is 32.1. The molecule has 3 aromatic heterocycles. The molecule has 0 radical (unpaired) electrons. The Kier molecular flexibility index (Phi) is 5.17. The van der Waals surface area contributed by atoms with E-state index in [0.717, 1.165) is 4.88 Å². The van der Waals surface area contributed by atoms with Gasteiger partial charge in [0.2, 0.25) is 11.8 Å². The third-order valence-electron chi connectivity index (χ3n) is 3.17. The highest BCUT2D eigenvalue weighted by Gasteiger charge is 2.14. The lowest BCUT2D eigenvalue weighted by atomic mass is 10.4. The van der Waals surface area contributed by atoms with Crippen molar-refractivity contribution in [2.75, 3.05) is 11.9 Å². The van der Waals surface area contributed by atoms with Gasteiger partial charge in [-0.05, 0) is 24.4 Å². The van der Waals surface area contributed by atoms with Gasteiger partial charge in [-0.15, -0.1) is 11.3 Å². The summed E-state index contributed by atoms with van der Waals surface area (Å²) in [5.41, 5.74) is 0.631. The van der Waals surface area contributed by atoms with Crippen LogP contribution in [0, 0.1) is 6.92 Å². The topological polar surface area (TPSA) is 90.1 Å². The van der Waals surface area contributed by atoms with E-state index >= 15 is 0 Å². The number of oxazole rings is 1. The van der Waals surface area contributed by atoms with Crippen molar-refractivity contribution in [2.45, 2.75) is 20.0 Å². The van der Waals surface area contributed by atoms with E-state index in [9.17, 15) is 4.79 Å². The first kappa shape index (κ1) is 16.1. The van der Waals surface area contributed by atoms with Gasteiger partial charge in [0.1, 0.15) is 18.1 Å². The number of thiophene rings is 1. The van der Waals surface area contributed by atoms with Crippen LogP contribution in [0.5, 0.6) is 0 Å². The lowest BCUT2D eigenvalue weighted by molar-refractivity contribution is -0.144. The Morgan fingerprint density at radius 1 is 1.33 bits per heavy atom. The lowest BCUT2D eigenvalue weighted by Crippen LogP contribution is -2.13. The van der Waals surface area contributed by atoms with E-state index in [4.69, 9.17) is 9.15 Å². The number of esters is 1. The van der Waals surface area contributed by atoms with Crippen LogP contribution in [0.4, 0.5) is 5.95 Å². The second kappa shape index (κ2) is 7.69. The number of carbonyl (C=O) groups is 1. The minimum Gasteiger partial charge on any atom is -0.459 e. The van der Waals surface area contributed by atoms with Crippen molar-refractivity contribution in [2.24, 2.45) is 0 Å². The minimum absolute atomic E-state index is 0.0986. The van der Waals surface area contributed by atoms with Crippen molar-refractivity contribution < 1.29 is 13.9 Å². The lowest BCUT2D eigenvalue weighted by Gasteiger charge is -2.04. The largest absolute Gasteiger partial charge is 0.459 e. The molecule has 0 bridgehead atoms. The number of hydrogen-bond acceptors (Lipinski definition) is 8. The molecule has 0 fully saturated rings. The molecule has 0 saturated carbocycles. The van der Waals surface area contributed by atoms with Crippen LogP contribution in [0.3, 0.4) is 0 Å². The van der Waals surface area contributed by atoms with Gasteiger partial charge in [0.25, 0.3) is 0 Å². The van der Waals surface area contributed by atoms with Gasteiger partial charge < -0.3 is 14.5 Å². The van der Waals surface area contributed by atoms with Gasteiger partial charge in [-0.1, -0.05) is 6.07 Å². The zero-order valence-corrected chi connectivity index (χ0v) is 13.9. The quantitative estimate of drug-likeness (QED) is 0.659. The summed E-state index contributed by atoms with van der Waals surface area (Å²) in [6.07, 6.45) is 3.48. The first-order chi connectivity index (χ1) is 11.7. The number of rotatable bonds is 7. The molecule has 0 atom stereocenters. The molecule has 0 spiro atoms. The van der Waals surface area contributed by atoms with Crippen LogP contribution in [0.2, 0.25) is 0 Å². The fourth-order valence-corrected chi connectivity index (χ4v) is 2.60. The standard InChI is InChI=1S/C16H16N4O3S/c1-11-12(20-15(23-11)13-4-2-9-24-13)10-22-14(21)5-8-19-16-17-6-3-7-18-16/h2-4,6-7,9H,5,8,10H2,1H3,(H,17,18,19). The highest BCUT2D eigenvalue weighted by Crippen LogP contribution is 2.26. The summed E-state index contributed by atoms with van der Waals surface area (Å²) in [5.74, 6) is 1.37. The summed E-state index contributed by atoms with van der Waals surface area (Å²) in [4.78, 5) is 25.1. The van der Waals surface area contributed by atoms with E-state index in [1.54, 1.807) is 29.8 Å². The summed E-state index contributed by atoms with van der Waals surface area (Å²) in [5, 5.41) is 4.91. The molecular formula is C16H16N4O3S. The third-order valence-corrected chi connectivity index (χ3v) is 4.03. The van der Waals surface area contributed by atoms with Crippen molar-refractivity contribution in [1.82, 2.24) is 15.0 Å². The summed E-state index contributed by atoms with van der Waals surface area (Å²) < 4.78 is 10.8. The molecule has 8 heteroatoms. The third kappa shape index (κ3) is 4.17. The summed E-state index contributed by atoms with van der Waals surface area (Å²) in [6.45, 7) is 2.31. The molecule has 0 aliphatic carbocycles. The van der Waals surface area contributed by atoms with Crippen LogP contribution in [-0.4, -0.2) is 27.5 Å². The van der Waals surface area contributed by atoms with Gasteiger partial charge in [0.15, 0.2) is 0 Å². The Bertz CT molecular complexity index is 787. The number of aryl methyl sites for hydroxylation is 1. The molecule has 0 unspecified atom stereocenters. The molecule has 0 aromatic carbocycles. The predicted molar refractivity (Wildman–Crippen MR) is 89.5 cm³/mol. The van der Waals surface area contributed by atoms with Crippen molar-refractivity contribution in [3.8, 4) is 10.8 Å². The zero-order chi connectivity index (χ0) is 16.8. The van der Waals surface area contributed by atoms with Crippen LogP contribution in [0.1, 0.15) is 17.9 Å². The molecule has 1 N–H and O–H groups in total. The summed E-state index contributed by atoms with van der Waals surface area (Å²) in [6, 6.07) is 5.59. The van der Waals surface area contributed by atoms with Gasteiger partial charge in [-0.2, -0.15) is 0 Å². The molecule has 0 aliphatic rings. The molecular weight excluding hydrogens is 328 g/mol. The average molecular weight is 344 g/mol. The average Bonchev–Trinajstić information content (AvgIpc) is 3.23. The number of carbonyl (C=O) groups excluding carboxylic acids is 1. The van der Waals surface area contributed by atoms with Crippen molar-refractivity contribution in [3.63, 3.8) is 0 Å². The first-order valence-corrected chi connectivity index (χ1v) is 8.27. The number of anilines is 1. The van der Waals surface area contributed by atoms with Gasteiger partial charge in [0.05, 0.1) is 11.3 Å². The Labute approximate surface area is 142 Å². The van der Waals surface area contributed by atoms with E-state index in [-0.39, 0.29) is 19.0 Å². The second-order valence-electron chi connectivity index (χ2n) is 4.91. The minimum atomic E-state index is -0.321. The Hall–Kier alpha value is -2.74. The maximum atomic E-state index is 11.8. The van der Waals surface area contributed by atoms with Crippen LogP contribution in [-0.2, 0) is 16.1 Å². The van der Waals surface area contributed by atoms with E-state index in [1.807, 2.05) is 24.4 Å². The van der Waals surface area contributed by atoms with Gasteiger partial charge in [0, 0.05) is 18.9 Å². The van der Waals surface area contributed by atoms with Gasteiger partial charge in [-0.3, -0.25) is 4.79 Å². The zero-order valence-electron chi connectivity index (χ0n) is 13.1. The number of nitrogens with one attached hydrogen (secondary N) is 1. The SMILES string of the molecule is Cc1oc(-c2cccs2)nc1COC(=O)CCNc1ncccn1. The predicted octanol–water partition coefficient (Wildman–Crippen LogP) is 3.05. The Morgan fingerprint density at radius 3 is 2.92 bits per heavy atom. The molecule has 7 nitrogen and oxygen atoms in total. The number of nitrogens with zero attached hydrogens (tertiary/aromatic N) is 3. The number of aromatic nitrogens is 3. The Morgan fingerprint density at radius 2 is 2.17 bits per heavy atom. The normalized spacial score (nSPS) is 10.5. The molecule has 124 valence electrons. The molecule has 24 heavy (non-hydrogen) atoms. The van der Waals surface area contributed by atoms with Crippen LogP contribution in [0.25, 0.3) is 10.8 Å². The monoisotopic (exact) mass is 344 g/mol. The summed E-state index contributed by atoms with van der Waals surface area (Å²) in [7, 11) is 0. The Balaban J connectivity index is 1.46. The van der Waals surface area contributed by atoms with Crippen LogP contribution < -0.4 is 5.32 Å². The number of hydrogen-bond donors (Lipinski definition) is 1. The molecule has 3 rings (SSSR count). The van der Waals surface area contributed by atoms with Gasteiger partial charge in [-0.25, -0.2) is 15.0 Å². The molecule has 0 amide bonds. The van der Waals surface area contributed by atoms with Crippen LogP contribution >= 0.6 is 11.3 Å². The van der Waals surface area contributed by atoms with Crippen LogP contribution in [0.15, 0.2) is 40.4 Å². The fraction of sp³-hybridized carbons (Fsp3) is 0.250. The number of ether oxygens (including phenoxy) is 1. The maximum absolute atomic E-state index is 11.8. The second-order valence-corrected chi connectivity index (χ2v) is 5.86. The smallest absolute Gasteiger partial charge is 0.307 e. The molecule has 0 saturated heterocycles. The molecule has 3 heterocycles. The van der Waals surface area contributed by atoms with E-state index in [1.165, 1.54) is 0 Å². The van der Waals surface area contributed by atoms with Crippen molar-refractivity contribution >= 4 is 23.3 Å². The van der Waals surface area contributed by atoms with E-state index in [0.29, 0.717) is 29.8 Å². The first-order valence-electron chi connectivity index (χ1n) is 7.39. The van der Waals surface area contributed by atoms with Crippen molar-refractivity contribution in [1.29, 1.82) is 0 Å². The fourth-order valence-electron chi connectivity index (χ4n) is 1.96. The molecule has 0 aliphatic heterocycles. The highest BCUT2D eigenvalue weighted by molar-refractivity contribution is 7.13. The maximum Gasteiger partial charge on any atom is 0.307 e. The van der Waals surface area contributed by atoms with E-state index < -0.39 is 0 Å². The molecule has 3 aromatic rings. The van der Waals surface area contributed by atoms with E-state index in [2.05, 4.69) is 20.3 Å². The van der Waals surface area contributed by atoms with Crippen molar-refractivity contribution in [3.05, 3.63) is 47.4 Å². The summed E-state index contributed by atoms with van der Waals surface area (Å²) >= 11 is 1.55. The van der Waals surface area contributed by atoms with Gasteiger partial charge >= 0.3 is 5.97 Å².